The number of rotatable bonds is 4. The zero-order valence-electron chi connectivity index (χ0n) is 8.27. The summed E-state index contributed by atoms with van der Waals surface area (Å²) < 4.78 is 0. The lowest BCUT2D eigenvalue weighted by Gasteiger charge is -2.05. The molecule has 0 aliphatic carbocycles. The smallest absolute Gasteiger partial charge is 0.123 e. The third-order valence-corrected chi connectivity index (χ3v) is 2.70. The van der Waals surface area contributed by atoms with Crippen molar-refractivity contribution in [2.24, 2.45) is 0 Å². The lowest BCUT2D eigenvalue weighted by Crippen LogP contribution is -2.09. The summed E-state index contributed by atoms with van der Waals surface area (Å²) in [5.74, 6) is 0. The van der Waals surface area contributed by atoms with Crippen LogP contribution < -0.4 is 0 Å². The summed E-state index contributed by atoms with van der Waals surface area (Å²) in [6.07, 6.45) is 1.12. The van der Waals surface area contributed by atoms with Crippen molar-refractivity contribution in [2.75, 3.05) is 14.1 Å². The topological polar surface area (TPSA) is 60.1 Å². The van der Waals surface area contributed by atoms with Crippen molar-refractivity contribution in [1.82, 2.24) is 9.88 Å². The van der Waals surface area contributed by atoms with Gasteiger partial charge in [0.15, 0.2) is 0 Å². The molecule has 0 spiro atoms. The molecular weight excluding hydrogens is 198 g/mol. The molecule has 4 nitrogen and oxygen atoms in total. The van der Waals surface area contributed by atoms with Gasteiger partial charge in [0.2, 0.25) is 0 Å². The highest BCUT2D eigenvalue weighted by atomic mass is 32.1. The Morgan fingerprint density at radius 2 is 2.43 bits per heavy atom. The summed E-state index contributed by atoms with van der Waals surface area (Å²) in [7, 11) is 3.95. The molecule has 0 saturated heterocycles. The van der Waals surface area contributed by atoms with E-state index in [-0.39, 0.29) is 6.42 Å². The van der Waals surface area contributed by atoms with E-state index < -0.39 is 6.10 Å². The summed E-state index contributed by atoms with van der Waals surface area (Å²) in [6, 6.07) is 1.92. The average molecular weight is 211 g/mol. The fraction of sp³-hybridized carbons (Fsp3) is 0.556. The summed E-state index contributed by atoms with van der Waals surface area (Å²) in [5, 5.41) is 18.5. The molecule has 1 atom stereocenters. The van der Waals surface area contributed by atoms with Crippen molar-refractivity contribution in [3.8, 4) is 6.07 Å². The lowest BCUT2D eigenvalue weighted by atomic mass is 10.3. The molecule has 76 valence electrons. The maximum absolute atomic E-state index is 9.48. The van der Waals surface area contributed by atoms with Crippen molar-refractivity contribution >= 4 is 11.3 Å². The second-order valence-electron chi connectivity index (χ2n) is 3.28. The first-order valence-corrected chi connectivity index (χ1v) is 5.09. The molecule has 5 heteroatoms. The Bertz CT molecular complexity index is 329. The van der Waals surface area contributed by atoms with Crippen molar-refractivity contribution in [3.63, 3.8) is 0 Å². The van der Waals surface area contributed by atoms with Gasteiger partial charge in [-0.3, -0.25) is 0 Å². The molecule has 0 radical (unpaired) electrons. The van der Waals surface area contributed by atoms with Crippen molar-refractivity contribution in [1.29, 1.82) is 5.26 Å². The second-order valence-corrected chi connectivity index (χ2v) is 4.43. The Morgan fingerprint density at radius 1 is 1.71 bits per heavy atom. The van der Waals surface area contributed by atoms with Crippen molar-refractivity contribution in [2.45, 2.75) is 19.1 Å². The molecule has 0 bridgehead atoms. The molecule has 0 amide bonds. The Balaban J connectivity index is 2.64. The van der Waals surface area contributed by atoms with Gasteiger partial charge in [0.25, 0.3) is 0 Å². The largest absolute Gasteiger partial charge is 0.385 e. The molecule has 0 saturated carbocycles. The monoisotopic (exact) mass is 211 g/mol. The highest BCUT2D eigenvalue weighted by Gasteiger charge is 2.11. The number of thiazole rings is 1. The molecule has 14 heavy (non-hydrogen) atoms. The first kappa shape index (κ1) is 11.1. The van der Waals surface area contributed by atoms with Crippen LogP contribution in [0.15, 0.2) is 6.20 Å². The van der Waals surface area contributed by atoms with Gasteiger partial charge in [0, 0.05) is 17.6 Å². The lowest BCUT2D eigenvalue weighted by molar-refractivity contribution is 0.183. The van der Waals surface area contributed by atoms with E-state index in [1.54, 1.807) is 6.20 Å². The standard InChI is InChI=1S/C9H13N3OS/c1-12(2)6-7-5-11-9(14-7)8(13)3-4-10/h5,8,13H,3,6H2,1-2H3. The Morgan fingerprint density at radius 3 is 3.00 bits per heavy atom. The minimum atomic E-state index is -0.735. The minimum Gasteiger partial charge on any atom is -0.385 e. The highest BCUT2D eigenvalue weighted by molar-refractivity contribution is 7.11. The number of aliphatic hydroxyl groups is 1. The van der Waals surface area contributed by atoms with E-state index in [0.717, 1.165) is 11.4 Å². The van der Waals surface area contributed by atoms with E-state index in [1.165, 1.54) is 11.3 Å². The van der Waals surface area contributed by atoms with E-state index in [2.05, 4.69) is 4.98 Å². The van der Waals surface area contributed by atoms with Crippen LogP contribution in [0, 0.1) is 11.3 Å². The van der Waals surface area contributed by atoms with Gasteiger partial charge in [-0.25, -0.2) is 4.98 Å². The summed E-state index contributed by atoms with van der Waals surface area (Å²) >= 11 is 1.46. The molecule has 1 heterocycles. The van der Waals surface area contributed by atoms with Crippen LogP contribution in [0.5, 0.6) is 0 Å². The maximum atomic E-state index is 9.48. The SMILES string of the molecule is CN(C)Cc1cnc(C(O)CC#N)s1. The zero-order chi connectivity index (χ0) is 10.6. The number of hydrogen-bond acceptors (Lipinski definition) is 5. The summed E-state index contributed by atoms with van der Waals surface area (Å²) in [4.78, 5) is 7.21. The molecule has 0 fully saturated rings. The van der Waals surface area contributed by atoms with Gasteiger partial charge in [0.05, 0.1) is 12.5 Å². The van der Waals surface area contributed by atoms with Crippen LogP contribution in [0.25, 0.3) is 0 Å². The average Bonchev–Trinajstić information content (AvgIpc) is 2.52. The third-order valence-electron chi connectivity index (χ3n) is 1.61. The molecule has 0 aliphatic heterocycles. The van der Waals surface area contributed by atoms with E-state index in [9.17, 15) is 5.11 Å². The Kier molecular flexibility index (Phi) is 4.01. The van der Waals surface area contributed by atoms with Gasteiger partial charge in [0.1, 0.15) is 11.1 Å². The fourth-order valence-corrected chi connectivity index (χ4v) is 2.06. The predicted octanol–water partition coefficient (Wildman–Crippen LogP) is 1.15. The second kappa shape index (κ2) is 5.05. The maximum Gasteiger partial charge on any atom is 0.123 e. The molecule has 1 unspecified atom stereocenters. The van der Waals surface area contributed by atoms with Gasteiger partial charge in [-0.2, -0.15) is 5.26 Å². The first-order chi connectivity index (χ1) is 6.63. The number of hydrogen-bond donors (Lipinski definition) is 1. The Labute approximate surface area is 87.4 Å². The number of aliphatic hydroxyl groups excluding tert-OH is 1. The zero-order valence-corrected chi connectivity index (χ0v) is 9.08. The molecule has 0 aliphatic rings. The Hall–Kier alpha value is -0.960. The summed E-state index contributed by atoms with van der Waals surface area (Å²) in [5.41, 5.74) is 0. The molecule has 1 aromatic heterocycles. The molecule has 0 aromatic carbocycles. The van der Waals surface area contributed by atoms with Gasteiger partial charge in [-0.05, 0) is 14.1 Å². The van der Waals surface area contributed by atoms with E-state index in [4.69, 9.17) is 5.26 Å². The predicted molar refractivity (Wildman–Crippen MR) is 54.7 cm³/mol. The van der Waals surface area contributed by atoms with E-state index in [0.29, 0.717) is 5.01 Å². The van der Waals surface area contributed by atoms with Crippen LogP contribution in [0.1, 0.15) is 22.4 Å². The first-order valence-electron chi connectivity index (χ1n) is 4.28. The van der Waals surface area contributed by atoms with Crippen LogP contribution in [0.4, 0.5) is 0 Å². The normalized spacial score (nSPS) is 12.8. The van der Waals surface area contributed by atoms with Crippen LogP contribution in [-0.2, 0) is 6.54 Å². The molecule has 1 aromatic rings. The van der Waals surface area contributed by atoms with Gasteiger partial charge in [-0.1, -0.05) is 0 Å². The molecular formula is C9H13N3OS. The third kappa shape index (κ3) is 3.07. The highest BCUT2D eigenvalue weighted by Crippen LogP contribution is 2.22. The van der Waals surface area contributed by atoms with Crippen LogP contribution >= 0.6 is 11.3 Å². The van der Waals surface area contributed by atoms with Crippen LogP contribution in [0.3, 0.4) is 0 Å². The minimum absolute atomic E-state index is 0.106. The quantitative estimate of drug-likeness (QED) is 0.811. The van der Waals surface area contributed by atoms with Crippen LogP contribution in [-0.4, -0.2) is 29.1 Å². The summed E-state index contributed by atoms with van der Waals surface area (Å²) in [6.45, 7) is 0.816. The molecule has 1 N–H and O–H groups in total. The van der Waals surface area contributed by atoms with Gasteiger partial charge < -0.3 is 10.0 Å². The van der Waals surface area contributed by atoms with E-state index in [1.807, 2.05) is 25.1 Å². The van der Waals surface area contributed by atoms with Gasteiger partial charge in [-0.15, -0.1) is 11.3 Å². The van der Waals surface area contributed by atoms with Crippen LogP contribution in [0.2, 0.25) is 0 Å². The van der Waals surface area contributed by atoms with Crippen molar-refractivity contribution < 1.29 is 5.11 Å². The van der Waals surface area contributed by atoms with Crippen molar-refractivity contribution in [3.05, 3.63) is 16.1 Å². The van der Waals surface area contributed by atoms with Gasteiger partial charge >= 0.3 is 0 Å². The molecule has 1 rings (SSSR count). The van der Waals surface area contributed by atoms with E-state index >= 15 is 0 Å². The number of nitrogens with zero attached hydrogens (tertiary/aromatic N) is 3. The number of aromatic nitrogens is 1. The number of nitriles is 1. The fourth-order valence-electron chi connectivity index (χ4n) is 1.04.